The Morgan fingerprint density at radius 3 is 2.25 bits per heavy atom. The van der Waals surface area contributed by atoms with Gasteiger partial charge in [0.25, 0.3) is 5.91 Å². The molecule has 0 saturated carbocycles. The number of amides is 1. The largest absolute Gasteiger partial charge is 0.469 e. The number of piperidine rings is 1. The molecule has 6 heteroatoms. The Labute approximate surface area is 166 Å². The Bertz CT molecular complexity index is 759. The first-order valence-electron chi connectivity index (χ1n) is 9.62. The minimum atomic E-state index is -0.151. The van der Waals surface area contributed by atoms with Crippen LogP contribution in [-0.4, -0.2) is 43.5 Å². The Morgan fingerprint density at radius 2 is 1.64 bits per heavy atom. The molecule has 1 N–H and O–H groups in total. The van der Waals surface area contributed by atoms with E-state index in [4.69, 9.17) is 4.74 Å². The number of carbonyl (C=O) groups excluding carboxylic acids is 2. The maximum Gasteiger partial charge on any atom is 0.308 e. The van der Waals surface area contributed by atoms with Crippen LogP contribution in [0.1, 0.15) is 18.4 Å². The lowest BCUT2D eigenvalue weighted by molar-refractivity contribution is -0.147. The summed E-state index contributed by atoms with van der Waals surface area (Å²) in [5.74, 6) is -0.262. The van der Waals surface area contributed by atoms with Crippen molar-refractivity contribution in [3.8, 4) is 0 Å². The summed E-state index contributed by atoms with van der Waals surface area (Å²) in [4.78, 5) is 26.4. The van der Waals surface area contributed by atoms with E-state index in [1.165, 1.54) is 7.11 Å². The number of hydrogen-bond acceptors (Lipinski definition) is 5. The Hall–Kier alpha value is -2.86. The lowest BCUT2D eigenvalue weighted by atomic mass is 9.97. The minimum Gasteiger partial charge on any atom is -0.469 e. The van der Waals surface area contributed by atoms with Crippen molar-refractivity contribution in [3.05, 3.63) is 66.2 Å². The maximum atomic E-state index is 12.7. The number of anilines is 1. The molecular weight excluding hydrogens is 354 g/mol. The van der Waals surface area contributed by atoms with Gasteiger partial charge in [-0.1, -0.05) is 48.5 Å². The van der Waals surface area contributed by atoms with E-state index in [1.54, 1.807) is 0 Å². The van der Waals surface area contributed by atoms with Gasteiger partial charge in [0.15, 0.2) is 0 Å². The zero-order valence-electron chi connectivity index (χ0n) is 16.2. The highest BCUT2D eigenvalue weighted by molar-refractivity contribution is 5.80. The highest BCUT2D eigenvalue weighted by Crippen LogP contribution is 2.18. The fraction of sp³-hybridized carbons (Fsp3) is 0.364. The van der Waals surface area contributed by atoms with Crippen LogP contribution < -0.4 is 10.4 Å². The zero-order chi connectivity index (χ0) is 19.8. The number of hydrogen-bond donors (Lipinski definition) is 1. The van der Waals surface area contributed by atoms with E-state index in [-0.39, 0.29) is 17.8 Å². The molecule has 2 aromatic carbocycles. The predicted molar refractivity (Wildman–Crippen MR) is 108 cm³/mol. The molecule has 0 spiro atoms. The van der Waals surface area contributed by atoms with Gasteiger partial charge < -0.3 is 4.74 Å². The monoisotopic (exact) mass is 381 g/mol. The lowest BCUT2D eigenvalue weighted by Crippen LogP contribution is -2.48. The summed E-state index contributed by atoms with van der Waals surface area (Å²) in [5.41, 5.74) is 5.09. The van der Waals surface area contributed by atoms with Crippen molar-refractivity contribution >= 4 is 17.6 Å². The van der Waals surface area contributed by atoms with Crippen LogP contribution in [0.15, 0.2) is 60.7 Å². The predicted octanol–water partition coefficient (Wildman–Crippen LogP) is 2.61. The molecule has 6 nitrogen and oxygen atoms in total. The molecule has 0 radical (unpaired) electrons. The van der Waals surface area contributed by atoms with Crippen molar-refractivity contribution in [2.45, 2.75) is 19.4 Å². The van der Waals surface area contributed by atoms with Gasteiger partial charge in [-0.3, -0.25) is 24.9 Å². The molecule has 0 bridgehead atoms. The summed E-state index contributed by atoms with van der Waals surface area (Å²) in [6.07, 6.45) is 1.46. The van der Waals surface area contributed by atoms with Crippen LogP contribution in [-0.2, 0) is 20.9 Å². The highest BCUT2D eigenvalue weighted by Gasteiger charge is 2.26. The second kappa shape index (κ2) is 9.90. The SMILES string of the molecule is COC(=O)C1CCN(CC(=O)NN(Cc2ccccc2)c2ccccc2)CC1. The molecule has 2 aromatic rings. The zero-order valence-corrected chi connectivity index (χ0v) is 16.2. The summed E-state index contributed by atoms with van der Waals surface area (Å²) < 4.78 is 4.82. The van der Waals surface area contributed by atoms with Gasteiger partial charge in [-0.2, -0.15) is 0 Å². The van der Waals surface area contributed by atoms with E-state index in [1.807, 2.05) is 65.7 Å². The smallest absolute Gasteiger partial charge is 0.308 e. The molecule has 3 rings (SSSR count). The van der Waals surface area contributed by atoms with Crippen molar-refractivity contribution in [1.82, 2.24) is 10.3 Å². The van der Waals surface area contributed by atoms with Gasteiger partial charge in [0.05, 0.1) is 31.8 Å². The molecule has 1 amide bonds. The Balaban J connectivity index is 1.58. The van der Waals surface area contributed by atoms with Gasteiger partial charge in [0.2, 0.25) is 0 Å². The first-order chi connectivity index (χ1) is 13.7. The Kier molecular flexibility index (Phi) is 7.03. The van der Waals surface area contributed by atoms with Crippen molar-refractivity contribution in [2.24, 2.45) is 5.92 Å². The molecule has 0 aromatic heterocycles. The number of para-hydroxylation sites is 1. The fourth-order valence-electron chi connectivity index (χ4n) is 3.45. The number of hydrazine groups is 1. The van der Waals surface area contributed by atoms with Gasteiger partial charge in [0.1, 0.15) is 0 Å². The van der Waals surface area contributed by atoms with Gasteiger partial charge in [-0.25, -0.2) is 0 Å². The molecule has 28 heavy (non-hydrogen) atoms. The first kappa shape index (κ1) is 19.9. The second-order valence-electron chi connectivity index (χ2n) is 7.02. The summed E-state index contributed by atoms with van der Waals surface area (Å²) in [6.45, 7) is 2.33. The van der Waals surface area contributed by atoms with Crippen LogP contribution in [0.25, 0.3) is 0 Å². The summed E-state index contributed by atoms with van der Waals surface area (Å²) in [7, 11) is 1.42. The number of nitrogens with zero attached hydrogens (tertiary/aromatic N) is 2. The molecule has 1 aliphatic rings. The van der Waals surface area contributed by atoms with Crippen LogP contribution in [0.3, 0.4) is 0 Å². The number of nitrogens with one attached hydrogen (secondary N) is 1. The van der Waals surface area contributed by atoms with E-state index in [2.05, 4.69) is 10.3 Å². The number of rotatable bonds is 7. The van der Waals surface area contributed by atoms with Crippen LogP contribution in [0, 0.1) is 5.92 Å². The third kappa shape index (κ3) is 5.57. The van der Waals surface area contributed by atoms with Crippen LogP contribution in [0.4, 0.5) is 5.69 Å². The van der Waals surface area contributed by atoms with Crippen LogP contribution >= 0.6 is 0 Å². The average molecular weight is 381 g/mol. The first-order valence-corrected chi connectivity index (χ1v) is 9.62. The van der Waals surface area contributed by atoms with Crippen LogP contribution in [0.2, 0.25) is 0 Å². The minimum absolute atomic E-state index is 0.0526. The average Bonchev–Trinajstić information content (AvgIpc) is 2.74. The normalized spacial score (nSPS) is 15.0. The number of esters is 1. The summed E-state index contributed by atoms with van der Waals surface area (Å²) in [6, 6.07) is 19.9. The molecule has 148 valence electrons. The molecule has 0 aliphatic carbocycles. The van der Waals surface area contributed by atoms with Gasteiger partial charge in [-0.15, -0.1) is 0 Å². The molecule has 0 atom stereocenters. The molecule has 1 saturated heterocycles. The van der Waals surface area contributed by atoms with Crippen molar-refractivity contribution in [3.63, 3.8) is 0 Å². The fourth-order valence-corrected chi connectivity index (χ4v) is 3.45. The van der Waals surface area contributed by atoms with E-state index < -0.39 is 0 Å². The number of ether oxygens (including phenoxy) is 1. The summed E-state index contributed by atoms with van der Waals surface area (Å²) in [5, 5.41) is 1.87. The molecular formula is C22H27N3O3. The van der Waals surface area contributed by atoms with Crippen molar-refractivity contribution < 1.29 is 14.3 Å². The van der Waals surface area contributed by atoms with Gasteiger partial charge >= 0.3 is 5.97 Å². The van der Waals surface area contributed by atoms with Crippen molar-refractivity contribution in [1.29, 1.82) is 0 Å². The summed E-state index contributed by atoms with van der Waals surface area (Å²) >= 11 is 0. The van der Waals surface area contributed by atoms with E-state index in [0.717, 1.165) is 37.2 Å². The second-order valence-corrected chi connectivity index (χ2v) is 7.02. The quantitative estimate of drug-likeness (QED) is 0.590. The molecule has 0 unspecified atom stereocenters. The van der Waals surface area contributed by atoms with Crippen LogP contribution in [0.5, 0.6) is 0 Å². The number of methoxy groups -OCH3 is 1. The molecule has 1 aliphatic heterocycles. The van der Waals surface area contributed by atoms with E-state index >= 15 is 0 Å². The third-order valence-corrected chi connectivity index (χ3v) is 5.00. The van der Waals surface area contributed by atoms with Gasteiger partial charge in [-0.05, 0) is 43.6 Å². The van der Waals surface area contributed by atoms with E-state index in [0.29, 0.717) is 13.1 Å². The lowest BCUT2D eigenvalue weighted by Gasteiger charge is -2.31. The number of carbonyl (C=O) groups is 2. The Morgan fingerprint density at radius 1 is 1.04 bits per heavy atom. The highest BCUT2D eigenvalue weighted by atomic mass is 16.5. The van der Waals surface area contributed by atoms with Gasteiger partial charge in [0, 0.05) is 0 Å². The third-order valence-electron chi connectivity index (χ3n) is 5.00. The maximum absolute atomic E-state index is 12.7. The van der Waals surface area contributed by atoms with Crippen molar-refractivity contribution in [2.75, 3.05) is 31.8 Å². The number of benzene rings is 2. The molecule has 1 heterocycles. The topological polar surface area (TPSA) is 61.9 Å². The van der Waals surface area contributed by atoms with E-state index in [9.17, 15) is 9.59 Å². The molecule has 1 fully saturated rings. The number of likely N-dealkylation sites (tertiary alicyclic amines) is 1. The standard InChI is InChI=1S/C22H27N3O3/c1-28-22(27)19-12-14-24(15-13-19)17-21(26)23-25(20-10-6-3-7-11-20)16-18-8-4-2-5-9-18/h2-11,19H,12-17H2,1H3,(H,23,26).